The number of amidine groups is 1. The predicted octanol–water partition coefficient (Wildman–Crippen LogP) is 4.03. The van der Waals surface area contributed by atoms with Crippen LogP contribution in [0.2, 0.25) is 0 Å². The van der Waals surface area contributed by atoms with Crippen LogP contribution in [-0.2, 0) is 0 Å². The van der Waals surface area contributed by atoms with Crippen LogP contribution < -0.4 is 11.0 Å². The summed E-state index contributed by atoms with van der Waals surface area (Å²) < 4.78 is 1.97. The summed E-state index contributed by atoms with van der Waals surface area (Å²) in [5.41, 5.74) is 5.03. The number of hydrogen-bond donors (Lipinski definition) is 2. The first-order chi connectivity index (χ1) is 15.7. The molecule has 0 bridgehead atoms. The molecule has 1 aliphatic carbocycles. The van der Waals surface area contributed by atoms with E-state index in [0.29, 0.717) is 12.0 Å². The highest BCUT2D eigenvalue weighted by atomic mass is 16.1. The van der Waals surface area contributed by atoms with E-state index in [-0.39, 0.29) is 11.7 Å². The largest absolute Gasteiger partial charge is 0.370 e. The molecule has 3 heterocycles. The Balaban J connectivity index is 1.15. The first-order valence-electron chi connectivity index (χ1n) is 12.2. The maximum Gasteiger partial charge on any atom is 0.326 e. The minimum Gasteiger partial charge on any atom is -0.370 e. The molecule has 0 spiro atoms. The summed E-state index contributed by atoms with van der Waals surface area (Å²) in [5, 5.41) is 3.71. The normalized spacial score (nSPS) is 28.6. The van der Waals surface area contributed by atoms with E-state index in [2.05, 4.69) is 41.2 Å². The number of imidazole rings is 1. The number of fused-ring (bicyclic) bond motifs is 2. The number of allylic oxidation sites excluding steroid dienone is 3. The minimum atomic E-state index is 0.0198. The molecule has 3 fully saturated rings. The van der Waals surface area contributed by atoms with Crippen molar-refractivity contribution in [1.29, 1.82) is 0 Å². The number of H-pyrrole nitrogens is 1. The molecule has 6 nitrogen and oxygen atoms in total. The summed E-state index contributed by atoms with van der Waals surface area (Å²) in [5.74, 6) is 1.78. The van der Waals surface area contributed by atoms with E-state index in [4.69, 9.17) is 4.99 Å². The van der Waals surface area contributed by atoms with Crippen molar-refractivity contribution in [1.82, 2.24) is 19.8 Å². The fraction of sp³-hybridized carbons (Fsp3) is 0.538. The minimum absolute atomic E-state index is 0.0198. The van der Waals surface area contributed by atoms with E-state index >= 15 is 0 Å². The van der Waals surface area contributed by atoms with Gasteiger partial charge in [-0.2, -0.15) is 0 Å². The van der Waals surface area contributed by atoms with Crippen LogP contribution in [0.1, 0.15) is 52.0 Å². The fourth-order valence-corrected chi connectivity index (χ4v) is 6.00. The molecule has 1 aromatic heterocycles. The second kappa shape index (κ2) is 9.10. The van der Waals surface area contributed by atoms with E-state index in [9.17, 15) is 4.79 Å². The summed E-state index contributed by atoms with van der Waals surface area (Å²) >= 11 is 0. The summed E-state index contributed by atoms with van der Waals surface area (Å²) in [7, 11) is 0. The monoisotopic (exact) mass is 433 g/mol. The van der Waals surface area contributed by atoms with Crippen LogP contribution in [0.25, 0.3) is 11.0 Å². The zero-order valence-electron chi connectivity index (χ0n) is 19.3. The second-order valence-electron chi connectivity index (χ2n) is 9.38. The summed E-state index contributed by atoms with van der Waals surface area (Å²) in [6, 6.07) is 8.83. The number of para-hydroxylation sites is 2. The van der Waals surface area contributed by atoms with Crippen molar-refractivity contribution in [2.45, 2.75) is 58.0 Å². The van der Waals surface area contributed by atoms with E-state index in [0.717, 1.165) is 56.5 Å². The number of piperidine rings is 1. The van der Waals surface area contributed by atoms with Gasteiger partial charge in [0, 0.05) is 44.1 Å². The number of hydrogen-bond acceptors (Lipinski definition) is 3. The van der Waals surface area contributed by atoms with E-state index in [1.807, 2.05) is 28.8 Å². The van der Waals surface area contributed by atoms with Gasteiger partial charge in [-0.3, -0.25) is 9.56 Å². The van der Waals surface area contributed by atoms with Gasteiger partial charge in [-0.25, -0.2) is 4.79 Å². The average Bonchev–Trinajstić information content (AvgIpc) is 3.38. The Labute approximate surface area is 190 Å². The van der Waals surface area contributed by atoms with Crippen LogP contribution in [0, 0.1) is 5.92 Å². The highest BCUT2D eigenvalue weighted by Crippen LogP contribution is 2.39. The van der Waals surface area contributed by atoms with Crippen molar-refractivity contribution < 1.29 is 0 Å². The lowest BCUT2D eigenvalue weighted by Gasteiger charge is -2.32. The van der Waals surface area contributed by atoms with Gasteiger partial charge in [0.05, 0.1) is 23.4 Å². The molecule has 2 N–H and O–H groups in total. The van der Waals surface area contributed by atoms with Gasteiger partial charge in [-0.15, -0.1) is 0 Å². The Morgan fingerprint density at radius 2 is 1.94 bits per heavy atom. The lowest BCUT2D eigenvalue weighted by molar-refractivity contribution is 0.191. The quantitative estimate of drug-likeness (QED) is 0.765. The number of benzene rings is 1. The van der Waals surface area contributed by atoms with Crippen molar-refractivity contribution in [2.24, 2.45) is 10.9 Å². The molecule has 2 aliphatic heterocycles. The topological polar surface area (TPSA) is 65.4 Å². The Morgan fingerprint density at radius 1 is 1.12 bits per heavy atom. The molecule has 32 heavy (non-hydrogen) atoms. The highest BCUT2D eigenvalue weighted by molar-refractivity contribution is 5.86. The number of rotatable bonds is 4. The zero-order chi connectivity index (χ0) is 22.1. The van der Waals surface area contributed by atoms with E-state index in [1.54, 1.807) is 0 Å². The number of nitrogens with one attached hydrogen (secondary N) is 2. The fourth-order valence-electron chi connectivity index (χ4n) is 6.00. The summed E-state index contributed by atoms with van der Waals surface area (Å²) in [6.07, 6.45) is 10.0. The van der Waals surface area contributed by atoms with Crippen LogP contribution in [0.5, 0.6) is 0 Å². The first-order valence-corrected chi connectivity index (χ1v) is 12.2. The number of aromatic amines is 1. The second-order valence-corrected chi connectivity index (χ2v) is 9.38. The van der Waals surface area contributed by atoms with Crippen LogP contribution in [-0.4, -0.2) is 52.5 Å². The standard InChI is InChI=1S/C26H35N5O/c1-3-18-9-10-22-21(20(18)4-2)17-25(28-22)27-13-16-30-14-11-19(12-15-30)31-24-8-6-5-7-23(24)29-26(31)32/h3-8,19,21-22H,9-17H2,1-2H3,(H,27,28)(H,29,32)/b18-3-,20-4+. The van der Waals surface area contributed by atoms with Crippen molar-refractivity contribution in [2.75, 3.05) is 26.2 Å². The number of aliphatic imine (C=N–C) groups is 1. The SMILES string of the molecule is C/C=C1/CCC2NC(=NCCN3CCC(n4c(=O)[nH]c5ccccc54)CC3)CC2/C1=C/C. The number of aromatic nitrogens is 2. The predicted molar refractivity (Wildman–Crippen MR) is 131 cm³/mol. The van der Waals surface area contributed by atoms with Crippen LogP contribution in [0.15, 0.2) is 57.4 Å². The molecule has 1 saturated carbocycles. The third kappa shape index (κ3) is 3.96. The number of nitrogens with zero attached hydrogens (tertiary/aromatic N) is 3. The lowest BCUT2D eigenvalue weighted by atomic mass is 9.77. The van der Waals surface area contributed by atoms with Gasteiger partial charge in [-0.05, 0) is 62.8 Å². The molecule has 3 aliphatic rings. The van der Waals surface area contributed by atoms with Crippen molar-refractivity contribution >= 4 is 16.9 Å². The zero-order valence-corrected chi connectivity index (χ0v) is 19.3. The van der Waals surface area contributed by atoms with Crippen LogP contribution in [0.4, 0.5) is 0 Å². The first kappa shape index (κ1) is 21.3. The van der Waals surface area contributed by atoms with Gasteiger partial charge in [-0.1, -0.05) is 24.3 Å². The lowest BCUT2D eigenvalue weighted by Crippen LogP contribution is -2.38. The maximum atomic E-state index is 12.5. The average molecular weight is 434 g/mol. The maximum absolute atomic E-state index is 12.5. The molecule has 1 aromatic carbocycles. The molecular weight excluding hydrogens is 398 g/mol. The Hall–Kier alpha value is -2.60. The molecule has 2 saturated heterocycles. The molecule has 0 radical (unpaired) electrons. The van der Waals surface area contributed by atoms with Crippen molar-refractivity contribution in [3.8, 4) is 0 Å². The third-order valence-electron chi connectivity index (χ3n) is 7.67. The van der Waals surface area contributed by atoms with Crippen molar-refractivity contribution in [3.05, 3.63) is 58.0 Å². The van der Waals surface area contributed by atoms with Gasteiger partial charge in [0.2, 0.25) is 0 Å². The van der Waals surface area contributed by atoms with Crippen LogP contribution in [0.3, 0.4) is 0 Å². The summed E-state index contributed by atoms with van der Waals surface area (Å²) in [4.78, 5) is 22.9. The van der Waals surface area contributed by atoms with Gasteiger partial charge in [0.1, 0.15) is 0 Å². The molecule has 5 rings (SSSR count). The molecule has 2 aromatic rings. The van der Waals surface area contributed by atoms with Gasteiger partial charge in [0.25, 0.3) is 0 Å². The van der Waals surface area contributed by atoms with E-state index < -0.39 is 0 Å². The third-order valence-corrected chi connectivity index (χ3v) is 7.67. The molecule has 2 atom stereocenters. The number of likely N-dealkylation sites (tertiary alicyclic amines) is 1. The Bertz CT molecular complexity index is 1110. The molecule has 6 heteroatoms. The molecule has 0 amide bonds. The van der Waals surface area contributed by atoms with Crippen LogP contribution >= 0.6 is 0 Å². The Kier molecular flexibility index (Phi) is 6.05. The van der Waals surface area contributed by atoms with Gasteiger partial charge in [0.15, 0.2) is 0 Å². The highest BCUT2D eigenvalue weighted by Gasteiger charge is 2.37. The van der Waals surface area contributed by atoms with Gasteiger partial charge >= 0.3 is 5.69 Å². The van der Waals surface area contributed by atoms with Gasteiger partial charge < -0.3 is 15.2 Å². The Morgan fingerprint density at radius 3 is 2.72 bits per heavy atom. The van der Waals surface area contributed by atoms with E-state index in [1.165, 1.54) is 29.8 Å². The smallest absolute Gasteiger partial charge is 0.326 e. The molecule has 170 valence electrons. The van der Waals surface area contributed by atoms with Crippen molar-refractivity contribution in [3.63, 3.8) is 0 Å². The molecular formula is C26H35N5O. The summed E-state index contributed by atoms with van der Waals surface area (Å²) in [6.45, 7) is 8.22. The molecule has 2 unspecified atom stereocenters.